The van der Waals surface area contributed by atoms with Gasteiger partial charge in [0, 0.05) is 6.61 Å². The molecule has 0 fully saturated rings. The normalized spacial score (nSPS) is 14.8. The first kappa shape index (κ1) is 13.1. The zero-order valence-electron chi connectivity index (χ0n) is 9.96. The monoisotopic (exact) mass is 226 g/mol. The molecule has 0 aliphatic rings. The molecular weight excluding hydrogens is 207 g/mol. The van der Waals surface area contributed by atoms with Crippen molar-refractivity contribution < 1.29 is 9.13 Å². The van der Waals surface area contributed by atoms with E-state index in [0.717, 1.165) is 11.1 Å². The summed E-state index contributed by atoms with van der Waals surface area (Å²) in [5.41, 5.74) is 4.55. The van der Waals surface area contributed by atoms with Gasteiger partial charge in [-0.15, -0.1) is 0 Å². The largest absolute Gasteiger partial charge is 0.377 e. The second kappa shape index (κ2) is 5.94. The van der Waals surface area contributed by atoms with E-state index in [2.05, 4.69) is 5.43 Å². The molecule has 0 heterocycles. The van der Waals surface area contributed by atoms with E-state index in [1.165, 1.54) is 12.1 Å². The van der Waals surface area contributed by atoms with E-state index in [-0.39, 0.29) is 18.0 Å². The molecule has 0 bridgehead atoms. The lowest BCUT2D eigenvalue weighted by Gasteiger charge is -2.24. The Bertz CT molecular complexity index is 344. The molecule has 16 heavy (non-hydrogen) atoms. The lowest BCUT2D eigenvalue weighted by Crippen LogP contribution is -2.37. The maximum Gasteiger partial charge on any atom is 0.123 e. The molecule has 2 unspecified atom stereocenters. The molecule has 0 radical (unpaired) electrons. The van der Waals surface area contributed by atoms with Gasteiger partial charge in [-0.05, 0) is 44.0 Å². The van der Waals surface area contributed by atoms with Gasteiger partial charge in [0.25, 0.3) is 0 Å². The maximum absolute atomic E-state index is 13.0. The predicted octanol–water partition coefficient (Wildman–Crippen LogP) is 2.06. The van der Waals surface area contributed by atoms with Gasteiger partial charge in [0.2, 0.25) is 0 Å². The minimum atomic E-state index is -0.235. The van der Waals surface area contributed by atoms with Gasteiger partial charge in [-0.3, -0.25) is 11.3 Å². The zero-order chi connectivity index (χ0) is 12.1. The fourth-order valence-corrected chi connectivity index (χ4v) is 1.83. The topological polar surface area (TPSA) is 47.3 Å². The molecule has 0 saturated carbocycles. The lowest BCUT2D eigenvalue weighted by atomic mass is 9.98. The molecule has 3 N–H and O–H groups in total. The minimum absolute atomic E-state index is 0.0563. The van der Waals surface area contributed by atoms with Gasteiger partial charge in [0.15, 0.2) is 0 Å². The van der Waals surface area contributed by atoms with Crippen LogP contribution in [0.4, 0.5) is 4.39 Å². The summed E-state index contributed by atoms with van der Waals surface area (Å²) < 4.78 is 18.5. The zero-order valence-corrected chi connectivity index (χ0v) is 9.96. The number of nitrogens with one attached hydrogen (secondary N) is 1. The predicted molar refractivity (Wildman–Crippen MR) is 62.3 cm³/mol. The maximum atomic E-state index is 13.0. The molecule has 1 aromatic carbocycles. The summed E-state index contributed by atoms with van der Waals surface area (Å²) in [4.78, 5) is 0. The van der Waals surface area contributed by atoms with Crippen LogP contribution >= 0.6 is 0 Å². The Hall–Kier alpha value is -0.970. The summed E-state index contributed by atoms with van der Waals surface area (Å²) in [5, 5.41) is 0. The number of hydrogen-bond donors (Lipinski definition) is 2. The molecule has 0 aliphatic carbocycles. The molecule has 0 aliphatic heterocycles. The first-order valence-electron chi connectivity index (χ1n) is 5.44. The van der Waals surface area contributed by atoms with Gasteiger partial charge in [-0.1, -0.05) is 6.07 Å². The Kier molecular flexibility index (Phi) is 4.86. The fourth-order valence-electron chi connectivity index (χ4n) is 1.83. The van der Waals surface area contributed by atoms with Gasteiger partial charge < -0.3 is 4.74 Å². The standard InChI is InChI=1S/C12H19FN2O/c1-4-16-9(3)12(15-14)11-6-5-10(13)7-8(11)2/h5-7,9,12,15H,4,14H2,1-3H3. The van der Waals surface area contributed by atoms with Gasteiger partial charge in [-0.25, -0.2) is 4.39 Å². The molecule has 4 heteroatoms. The van der Waals surface area contributed by atoms with Crippen molar-refractivity contribution in [3.05, 3.63) is 35.1 Å². The van der Waals surface area contributed by atoms with Gasteiger partial charge in [-0.2, -0.15) is 0 Å². The Labute approximate surface area is 95.8 Å². The molecular formula is C12H19FN2O. The molecule has 90 valence electrons. The van der Waals surface area contributed by atoms with Crippen LogP contribution < -0.4 is 11.3 Å². The second-order valence-electron chi connectivity index (χ2n) is 3.81. The molecule has 0 amide bonds. The highest BCUT2D eigenvalue weighted by atomic mass is 19.1. The molecule has 3 nitrogen and oxygen atoms in total. The van der Waals surface area contributed by atoms with Crippen LogP contribution in [0.3, 0.4) is 0 Å². The first-order chi connectivity index (χ1) is 7.60. The van der Waals surface area contributed by atoms with E-state index in [1.54, 1.807) is 6.07 Å². The minimum Gasteiger partial charge on any atom is -0.377 e. The van der Waals surface area contributed by atoms with E-state index in [4.69, 9.17) is 10.6 Å². The third-order valence-electron chi connectivity index (χ3n) is 2.65. The van der Waals surface area contributed by atoms with Crippen molar-refractivity contribution in [2.45, 2.75) is 32.9 Å². The Balaban J connectivity index is 2.94. The van der Waals surface area contributed by atoms with Crippen LogP contribution in [0.2, 0.25) is 0 Å². The molecule has 1 rings (SSSR count). The highest BCUT2D eigenvalue weighted by Crippen LogP contribution is 2.22. The average molecular weight is 226 g/mol. The van der Waals surface area contributed by atoms with Crippen LogP contribution in [0, 0.1) is 12.7 Å². The number of hydrogen-bond acceptors (Lipinski definition) is 3. The number of hydrazine groups is 1. The quantitative estimate of drug-likeness (QED) is 0.597. The van der Waals surface area contributed by atoms with Crippen LogP contribution in [-0.2, 0) is 4.74 Å². The number of benzene rings is 1. The number of aryl methyl sites for hydroxylation is 1. The van der Waals surface area contributed by atoms with Crippen molar-refractivity contribution in [2.75, 3.05) is 6.61 Å². The van der Waals surface area contributed by atoms with Crippen molar-refractivity contribution >= 4 is 0 Å². The second-order valence-corrected chi connectivity index (χ2v) is 3.81. The summed E-state index contributed by atoms with van der Waals surface area (Å²) in [7, 11) is 0. The molecule has 0 aromatic heterocycles. The van der Waals surface area contributed by atoms with Gasteiger partial charge in [0.05, 0.1) is 12.1 Å². The van der Waals surface area contributed by atoms with Crippen LogP contribution in [0.5, 0.6) is 0 Å². The first-order valence-corrected chi connectivity index (χ1v) is 5.44. The summed E-state index contributed by atoms with van der Waals surface area (Å²) in [5.74, 6) is 5.28. The van der Waals surface area contributed by atoms with Crippen LogP contribution in [-0.4, -0.2) is 12.7 Å². The van der Waals surface area contributed by atoms with Crippen molar-refractivity contribution in [2.24, 2.45) is 5.84 Å². The number of halogens is 1. The summed E-state index contributed by atoms with van der Waals surface area (Å²) in [6.45, 7) is 6.36. The Morgan fingerprint density at radius 1 is 1.50 bits per heavy atom. The van der Waals surface area contributed by atoms with Gasteiger partial charge in [0.1, 0.15) is 5.82 Å². The lowest BCUT2D eigenvalue weighted by molar-refractivity contribution is 0.0470. The van der Waals surface area contributed by atoms with E-state index in [0.29, 0.717) is 6.61 Å². The highest BCUT2D eigenvalue weighted by Gasteiger charge is 2.19. The number of nitrogens with two attached hydrogens (primary N) is 1. The Morgan fingerprint density at radius 3 is 2.69 bits per heavy atom. The smallest absolute Gasteiger partial charge is 0.123 e. The summed E-state index contributed by atoms with van der Waals surface area (Å²) in [6.07, 6.45) is -0.0563. The molecule has 1 aromatic rings. The van der Waals surface area contributed by atoms with Crippen LogP contribution in [0.25, 0.3) is 0 Å². The SMILES string of the molecule is CCOC(C)C(NN)c1ccc(F)cc1C. The molecule has 2 atom stereocenters. The van der Waals surface area contributed by atoms with Crippen molar-refractivity contribution in [3.63, 3.8) is 0 Å². The molecule has 0 saturated heterocycles. The van der Waals surface area contributed by atoms with Crippen LogP contribution in [0.15, 0.2) is 18.2 Å². The Morgan fingerprint density at radius 2 is 2.19 bits per heavy atom. The molecule has 0 spiro atoms. The van der Waals surface area contributed by atoms with Gasteiger partial charge >= 0.3 is 0 Å². The number of ether oxygens (including phenoxy) is 1. The fraction of sp³-hybridized carbons (Fsp3) is 0.500. The summed E-state index contributed by atoms with van der Waals surface area (Å²) >= 11 is 0. The third kappa shape index (κ3) is 3.01. The summed E-state index contributed by atoms with van der Waals surface area (Å²) in [6, 6.07) is 4.55. The van der Waals surface area contributed by atoms with E-state index >= 15 is 0 Å². The van der Waals surface area contributed by atoms with Crippen molar-refractivity contribution in [1.29, 1.82) is 0 Å². The van der Waals surface area contributed by atoms with E-state index in [9.17, 15) is 4.39 Å². The third-order valence-corrected chi connectivity index (χ3v) is 2.65. The number of rotatable bonds is 5. The van der Waals surface area contributed by atoms with E-state index in [1.807, 2.05) is 20.8 Å². The van der Waals surface area contributed by atoms with Crippen molar-refractivity contribution in [3.8, 4) is 0 Å². The average Bonchev–Trinajstić information content (AvgIpc) is 2.22. The van der Waals surface area contributed by atoms with Crippen LogP contribution in [0.1, 0.15) is 31.0 Å². The van der Waals surface area contributed by atoms with Crippen molar-refractivity contribution in [1.82, 2.24) is 5.43 Å². The van der Waals surface area contributed by atoms with E-state index < -0.39 is 0 Å². The highest BCUT2D eigenvalue weighted by molar-refractivity contribution is 5.30.